The molecule has 98 valence electrons. The van der Waals surface area contributed by atoms with Gasteiger partial charge in [0.25, 0.3) is 0 Å². The van der Waals surface area contributed by atoms with Crippen molar-refractivity contribution in [3.05, 3.63) is 12.7 Å². The summed E-state index contributed by atoms with van der Waals surface area (Å²) >= 11 is 0. The van der Waals surface area contributed by atoms with Gasteiger partial charge < -0.3 is 10.6 Å². The van der Waals surface area contributed by atoms with Gasteiger partial charge in [0, 0.05) is 13.1 Å². The highest BCUT2D eigenvalue weighted by atomic mass is 16.2. The van der Waals surface area contributed by atoms with Gasteiger partial charge in [0.1, 0.15) is 0 Å². The predicted molar refractivity (Wildman–Crippen MR) is 71.6 cm³/mol. The SMILES string of the molecule is C=CCC(N)C(=O)N(C)C1CCC(C)(C)CC1. The van der Waals surface area contributed by atoms with Crippen molar-refractivity contribution in [2.45, 2.75) is 58.0 Å². The number of nitrogens with zero attached hydrogens (tertiary/aromatic N) is 1. The minimum Gasteiger partial charge on any atom is -0.341 e. The van der Waals surface area contributed by atoms with E-state index in [4.69, 9.17) is 5.73 Å². The van der Waals surface area contributed by atoms with Crippen LogP contribution in [0.1, 0.15) is 46.0 Å². The van der Waals surface area contributed by atoms with Crippen LogP contribution in [0.25, 0.3) is 0 Å². The molecule has 0 saturated heterocycles. The maximum Gasteiger partial charge on any atom is 0.239 e. The van der Waals surface area contributed by atoms with Crippen LogP contribution in [0.2, 0.25) is 0 Å². The Bertz CT molecular complexity index is 276. The zero-order valence-corrected chi connectivity index (χ0v) is 11.4. The predicted octanol–water partition coefficient (Wildman–Crippen LogP) is 2.32. The van der Waals surface area contributed by atoms with Gasteiger partial charge in [-0.15, -0.1) is 6.58 Å². The van der Waals surface area contributed by atoms with Gasteiger partial charge in [-0.3, -0.25) is 4.79 Å². The van der Waals surface area contributed by atoms with E-state index in [1.165, 1.54) is 12.8 Å². The van der Waals surface area contributed by atoms with Crippen molar-refractivity contribution in [2.75, 3.05) is 7.05 Å². The second kappa shape index (κ2) is 5.67. The lowest BCUT2D eigenvalue weighted by atomic mass is 9.75. The smallest absolute Gasteiger partial charge is 0.239 e. The molecule has 1 rings (SSSR count). The molecule has 0 aromatic heterocycles. The van der Waals surface area contributed by atoms with Crippen LogP contribution in [0.3, 0.4) is 0 Å². The summed E-state index contributed by atoms with van der Waals surface area (Å²) < 4.78 is 0. The fourth-order valence-corrected chi connectivity index (χ4v) is 2.49. The lowest BCUT2D eigenvalue weighted by Gasteiger charge is -2.39. The molecule has 0 aromatic carbocycles. The third-order valence-electron chi connectivity index (χ3n) is 3.94. The van der Waals surface area contributed by atoms with Gasteiger partial charge in [-0.05, 0) is 37.5 Å². The highest BCUT2D eigenvalue weighted by Gasteiger charge is 2.31. The van der Waals surface area contributed by atoms with Gasteiger partial charge >= 0.3 is 0 Å². The van der Waals surface area contributed by atoms with Crippen LogP contribution in [0, 0.1) is 5.41 Å². The zero-order valence-electron chi connectivity index (χ0n) is 11.4. The number of rotatable bonds is 4. The van der Waals surface area contributed by atoms with E-state index in [2.05, 4.69) is 20.4 Å². The molecule has 3 nitrogen and oxygen atoms in total. The molecule has 0 aromatic rings. The van der Waals surface area contributed by atoms with Crippen LogP contribution in [-0.2, 0) is 4.79 Å². The van der Waals surface area contributed by atoms with Gasteiger partial charge in [-0.1, -0.05) is 19.9 Å². The van der Waals surface area contributed by atoms with Crippen molar-refractivity contribution >= 4 is 5.91 Å². The summed E-state index contributed by atoms with van der Waals surface area (Å²) in [6.45, 7) is 8.22. The maximum atomic E-state index is 12.0. The van der Waals surface area contributed by atoms with Crippen molar-refractivity contribution in [1.29, 1.82) is 0 Å². The number of carbonyl (C=O) groups is 1. The Morgan fingerprint density at radius 1 is 1.53 bits per heavy atom. The number of hydrogen-bond acceptors (Lipinski definition) is 2. The highest BCUT2D eigenvalue weighted by molar-refractivity contribution is 5.81. The molecule has 1 fully saturated rings. The maximum absolute atomic E-state index is 12.0. The minimum atomic E-state index is -0.424. The van der Waals surface area contributed by atoms with E-state index < -0.39 is 6.04 Å². The number of carbonyl (C=O) groups excluding carboxylic acids is 1. The zero-order chi connectivity index (χ0) is 13.1. The first-order valence-corrected chi connectivity index (χ1v) is 6.50. The lowest BCUT2D eigenvalue weighted by molar-refractivity contribution is -0.134. The first-order chi connectivity index (χ1) is 7.87. The van der Waals surface area contributed by atoms with E-state index in [0.717, 1.165) is 12.8 Å². The average molecular weight is 238 g/mol. The normalized spacial score (nSPS) is 21.9. The number of amides is 1. The van der Waals surface area contributed by atoms with E-state index in [0.29, 0.717) is 17.9 Å². The average Bonchev–Trinajstić information content (AvgIpc) is 2.27. The Balaban J connectivity index is 2.51. The number of nitrogens with two attached hydrogens (primary N) is 1. The highest BCUT2D eigenvalue weighted by Crippen LogP contribution is 2.36. The van der Waals surface area contributed by atoms with Gasteiger partial charge in [0.2, 0.25) is 5.91 Å². The van der Waals surface area contributed by atoms with Crippen LogP contribution >= 0.6 is 0 Å². The molecule has 0 spiro atoms. The summed E-state index contributed by atoms with van der Waals surface area (Å²) in [6.07, 6.45) is 6.83. The summed E-state index contributed by atoms with van der Waals surface area (Å²) in [5, 5.41) is 0. The van der Waals surface area contributed by atoms with Crippen molar-refractivity contribution in [1.82, 2.24) is 4.90 Å². The summed E-state index contributed by atoms with van der Waals surface area (Å²) in [6, 6.07) is -0.0566. The second-order valence-electron chi connectivity index (χ2n) is 5.98. The van der Waals surface area contributed by atoms with Gasteiger partial charge in [-0.25, -0.2) is 0 Å². The first-order valence-electron chi connectivity index (χ1n) is 6.50. The van der Waals surface area contributed by atoms with E-state index in [9.17, 15) is 4.79 Å². The Morgan fingerprint density at radius 2 is 2.06 bits per heavy atom. The fraction of sp³-hybridized carbons (Fsp3) is 0.786. The van der Waals surface area contributed by atoms with Gasteiger partial charge in [0.15, 0.2) is 0 Å². The Kier molecular flexibility index (Phi) is 4.75. The molecular weight excluding hydrogens is 212 g/mol. The molecule has 1 amide bonds. The van der Waals surface area contributed by atoms with Crippen LogP contribution < -0.4 is 5.73 Å². The second-order valence-corrected chi connectivity index (χ2v) is 5.98. The standard InChI is InChI=1S/C14H26N2O/c1-5-6-12(15)13(17)16(4)11-7-9-14(2,3)10-8-11/h5,11-12H,1,6-10,15H2,2-4H3. The molecule has 1 atom stereocenters. The summed E-state index contributed by atoms with van der Waals surface area (Å²) in [4.78, 5) is 13.9. The van der Waals surface area contributed by atoms with Crippen LogP contribution in [0.15, 0.2) is 12.7 Å². The molecule has 3 heteroatoms. The molecule has 2 N–H and O–H groups in total. The monoisotopic (exact) mass is 238 g/mol. The van der Waals surface area contributed by atoms with E-state index in [1.54, 1.807) is 6.08 Å². The fourth-order valence-electron chi connectivity index (χ4n) is 2.49. The molecule has 0 radical (unpaired) electrons. The van der Waals surface area contributed by atoms with Crippen molar-refractivity contribution in [3.63, 3.8) is 0 Å². The van der Waals surface area contributed by atoms with Crippen molar-refractivity contribution in [2.24, 2.45) is 11.1 Å². The van der Waals surface area contributed by atoms with Crippen molar-refractivity contribution in [3.8, 4) is 0 Å². The van der Waals surface area contributed by atoms with Crippen LogP contribution in [0.5, 0.6) is 0 Å². The number of likely N-dealkylation sites (N-methyl/N-ethyl adjacent to an activating group) is 1. The number of hydrogen-bond donors (Lipinski definition) is 1. The quantitative estimate of drug-likeness (QED) is 0.764. The van der Waals surface area contributed by atoms with Gasteiger partial charge in [0.05, 0.1) is 6.04 Å². The molecule has 1 aliphatic carbocycles. The Labute approximate surface area is 105 Å². The summed E-state index contributed by atoms with van der Waals surface area (Å²) in [7, 11) is 1.88. The summed E-state index contributed by atoms with van der Waals surface area (Å²) in [5.74, 6) is 0.0506. The first kappa shape index (κ1) is 14.2. The molecule has 17 heavy (non-hydrogen) atoms. The van der Waals surface area contributed by atoms with Crippen LogP contribution in [0.4, 0.5) is 0 Å². The molecule has 0 heterocycles. The third-order valence-corrected chi connectivity index (χ3v) is 3.94. The third kappa shape index (κ3) is 3.84. The molecule has 1 saturated carbocycles. The molecular formula is C14H26N2O. The van der Waals surface area contributed by atoms with E-state index >= 15 is 0 Å². The summed E-state index contributed by atoms with van der Waals surface area (Å²) in [5.41, 5.74) is 6.26. The Hall–Kier alpha value is -0.830. The van der Waals surface area contributed by atoms with Crippen molar-refractivity contribution < 1.29 is 4.79 Å². The van der Waals surface area contributed by atoms with Crippen LogP contribution in [-0.4, -0.2) is 29.9 Å². The van der Waals surface area contributed by atoms with Gasteiger partial charge in [-0.2, -0.15) is 0 Å². The lowest BCUT2D eigenvalue weighted by Crippen LogP contribution is -2.48. The minimum absolute atomic E-state index is 0.0506. The molecule has 0 aliphatic heterocycles. The largest absolute Gasteiger partial charge is 0.341 e. The molecule has 1 unspecified atom stereocenters. The Morgan fingerprint density at radius 3 is 2.53 bits per heavy atom. The topological polar surface area (TPSA) is 46.3 Å². The van der Waals surface area contributed by atoms with E-state index in [-0.39, 0.29) is 5.91 Å². The van der Waals surface area contributed by atoms with E-state index in [1.807, 2.05) is 11.9 Å². The molecule has 0 bridgehead atoms. The molecule has 1 aliphatic rings.